The summed E-state index contributed by atoms with van der Waals surface area (Å²) < 4.78 is 0. The average molecular weight is 281 g/mol. The zero-order chi connectivity index (χ0) is 14.7. The van der Waals surface area contributed by atoms with E-state index in [1.807, 2.05) is 30.3 Å². The van der Waals surface area contributed by atoms with Crippen LogP contribution in [-0.2, 0) is 0 Å². The fourth-order valence-electron chi connectivity index (χ4n) is 3.10. The summed E-state index contributed by atoms with van der Waals surface area (Å²) in [4.78, 5) is 6.91. The molecule has 1 aromatic heterocycles. The molecular formula is C17H19N3O. The van der Waals surface area contributed by atoms with Gasteiger partial charge in [0.15, 0.2) is 0 Å². The van der Waals surface area contributed by atoms with Gasteiger partial charge in [0.25, 0.3) is 0 Å². The molecule has 1 fully saturated rings. The Morgan fingerprint density at radius 2 is 2.24 bits per heavy atom. The molecule has 1 aromatic carbocycles. The molecule has 2 aromatic rings. The molecule has 0 radical (unpaired) electrons. The summed E-state index contributed by atoms with van der Waals surface area (Å²) >= 11 is 0. The van der Waals surface area contributed by atoms with Gasteiger partial charge in [-0.15, -0.1) is 0 Å². The van der Waals surface area contributed by atoms with E-state index in [4.69, 9.17) is 10.1 Å². The normalized spacial score (nSPS) is 18.7. The largest absolute Gasteiger partial charge is 0.396 e. The number of fused-ring (bicyclic) bond motifs is 1. The third kappa shape index (κ3) is 2.84. The van der Waals surface area contributed by atoms with Gasteiger partial charge in [0, 0.05) is 25.1 Å². The van der Waals surface area contributed by atoms with Crippen LogP contribution in [0.15, 0.2) is 30.3 Å². The molecule has 0 amide bonds. The van der Waals surface area contributed by atoms with E-state index in [9.17, 15) is 5.26 Å². The number of para-hydroxylation sites is 1. The van der Waals surface area contributed by atoms with Gasteiger partial charge in [0.1, 0.15) is 11.9 Å². The van der Waals surface area contributed by atoms with Gasteiger partial charge in [-0.2, -0.15) is 5.26 Å². The first kappa shape index (κ1) is 13.8. The van der Waals surface area contributed by atoms with Gasteiger partial charge >= 0.3 is 0 Å². The van der Waals surface area contributed by atoms with Crippen LogP contribution in [-0.4, -0.2) is 29.8 Å². The molecule has 1 saturated heterocycles. The van der Waals surface area contributed by atoms with Crippen LogP contribution in [0, 0.1) is 17.2 Å². The van der Waals surface area contributed by atoms with Crippen molar-refractivity contribution in [3.63, 3.8) is 0 Å². The zero-order valence-electron chi connectivity index (χ0n) is 12.0. The van der Waals surface area contributed by atoms with Crippen molar-refractivity contribution in [3.8, 4) is 6.07 Å². The minimum atomic E-state index is 0.231. The molecule has 108 valence electrons. The van der Waals surface area contributed by atoms with Crippen molar-refractivity contribution in [1.82, 2.24) is 4.98 Å². The maximum Gasteiger partial charge on any atom is 0.147 e. The second-order valence-corrected chi connectivity index (χ2v) is 5.63. The van der Waals surface area contributed by atoms with Crippen LogP contribution in [0.25, 0.3) is 10.9 Å². The van der Waals surface area contributed by atoms with Crippen LogP contribution in [0.1, 0.15) is 24.8 Å². The number of benzene rings is 1. The molecule has 3 rings (SSSR count). The van der Waals surface area contributed by atoms with Crippen molar-refractivity contribution in [2.45, 2.75) is 19.3 Å². The van der Waals surface area contributed by atoms with Crippen molar-refractivity contribution >= 4 is 16.7 Å². The van der Waals surface area contributed by atoms with Crippen molar-refractivity contribution in [1.29, 1.82) is 5.26 Å². The number of rotatable bonds is 3. The molecule has 0 aliphatic carbocycles. The number of nitrogens with zero attached hydrogens (tertiary/aromatic N) is 3. The van der Waals surface area contributed by atoms with Gasteiger partial charge < -0.3 is 10.0 Å². The molecule has 2 heterocycles. The molecular weight excluding hydrogens is 262 g/mol. The van der Waals surface area contributed by atoms with Gasteiger partial charge in [-0.1, -0.05) is 18.2 Å². The summed E-state index contributed by atoms with van der Waals surface area (Å²) in [5, 5.41) is 19.6. The number of aliphatic hydroxyl groups excluding tert-OH is 1. The lowest BCUT2D eigenvalue weighted by Crippen LogP contribution is -2.36. The van der Waals surface area contributed by atoms with Gasteiger partial charge in [-0.05, 0) is 37.3 Å². The smallest absolute Gasteiger partial charge is 0.147 e. The average Bonchev–Trinajstić information content (AvgIpc) is 2.54. The lowest BCUT2D eigenvalue weighted by atomic mass is 9.95. The molecule has 4 nitrogen and oxygen atoms in total. The lowest BCUT2D eigenvalue weighted by Gasteiger charge is -2.34. The predicted octanol–water partition coefficient (Wildman–Crippen LogP) is 2.71. The molecule has 1 aliphatic heterocycles. The summed E-state index contributed by atoms with van der Waals surface area (Å²) in [6.45, 7) is 2.04. The highest BCUT2D eigenvalue weighted by Gasteiger charge is 2.22. The van der Waals surface area contributed by atoms with E-state index < -0.39 is 0 Å². The SMILES string of the molecule is N#Cc1cc2ccccc2nc1N1CCCC(CCO)C1. The van der Waals surface area contributed by atoms with E-state index in [0.717, 1.165) is 49.1 Å². The highest BCUT2D eigenvalue weighted by molar-refractivity contribution is 5.83. The number of hydrogen-bond acceptors (Lipinski definition) is 4. The van der Waals surface area contributed by atoms with Crippen LogP contribution in [0.4, 0.5) is 5.82 Å². The molecule has 1 aliphatic rings. The van der Waals surface area contributed by atoms with Crippen LogP contribution in [0.2, 0.25) is 0 Å². The second kappa shape index (κ2) is 6.11. The Hall–Kier alpha value is -2.12. The summed E-state index contributed by atoms with van der Waals surface area (Å²) in [5.41, 5.74) is 1.56. The fraction of sp³-hybridized carbons (Fsp3) is 0.412. The highest BCUT2D eigenvalue weighted by Crippen LogP contribution is 2.28. The maximum absolute atomic E-state index is 9.42. The number of aliphatic hydroxyl groups is 1. The number of anilines is 1. The van der Waals surface area contributed by atoms with E-state index in [2.05, 4.69) is 11.0 Å². The second-order valence-electron chi connectivity index (χ2n) is 5.63. The lowest BCUT2D eigenvalue weighted by molar-refractivity contribution is 0.244. The Morgan fingerprint density at radius 1 is 1.38 bits per heavy atom. The molecule has 0 spiro atoms. The number of pyridine rings is 1. The molecule has 0 bridgehead atoms. The third-order valence-electron chi connectivity index (χ3n) is 4.18. The Bertz CT molecular complexity index is 675. The zero-order valence-corrected chi connectivity index (χ0v) is 12.0. The van der Waals surface area contributed by atoms with Gasteiger partial charge in [-0.3, -0.25) is 0 Å². The number of hydrogen-bond donors (Lipinski definition) is 1. The van der Waals surface area contributed by atoms with Crippen molar-refractivity contribution in [2.24, 2.45) is 5.92 Å². The van der Waals surface area contributed by atoms with Crippen molar-refractivity contribution in [3.05, 3.63) is 35.9 Å². The molecule has 21 heavy (non-hydrogen) atoms. The highest BCUT2D eigenvalue weighted by atomic mass is 16.3. The van der Waals surface area contributed by atoms with Gasteiger partial charge in [0.2, 0.25) is 0 Å². The topological polar surface area (TPSA) is 60.2 Å². The van der Waals surface area contributed by atoms with E-state index >= 15 is 0 Å². The first-order valence-corrected chi connectivity index (χ1v) is 7.47. The molecule has 0 saturated carbocycles. The van der Waals surface area contributed by atoms with E-state index in [-0.39, 0.29) is 6.61 Å². The minimum Gasteiger partial charge on any atom is -0.396 e. The summed E-state index contributed by atoms with van der Waals surface area (Å²) in [6.07, 6.45) is 3.06. The molecule has 1 N–H and O–H groups in total. The van der Waals surface area contributed by atoms with Crippen LogP contribution >= 0.6 is 0 Å². The predicted molar refractivity (Wildman–Crippen MR) is 83.1 cm³/mol. The van der Waals surface area contributed by atoms with Gasteiger partial charge in [0.05, 0.1) is 11.1 Å². The Kier molecular flexibility index (Phi) is 4.03. The van der Waals surface area contributed by atoms with Crippen molar-refractivity contribution in [2.75, 3.05) is 24.6 Å². The van der Waals surface area contributed by atoms with Gasteiger partial charge in [-0.25, -0.2) is 4.98 Å². The molecule has 4 heteroatoms. The quantitative estimate of drug-likeness (QED) is 0.939. The summed E-state index contributed by atoms with van der Waals surface area (Å²) in [6, 6.07) is 12.1. The first-order valence-electron chi connectivity index (χ1n) is 7.47. The number of nitriles is 1. The van der Waals surface area contributed by atoms with Crippen molar-refractivity contribution < 1.29 is 5.11 Å². The Balaban J connectivity index is 1.97. The number of piperidine rings is 1. The van der Waals surface area contributed by atoms with E-state index in [1.165, 1.54) is 0 Å². The van der Waals surface area contributed by atoms with E-state index in [0.29, 0.717) is 11.5 Å². The van der Waals surface area contributed by atoms with Crippen LogP contribution < -0.4 is 4.90 Å². The molecule has 1 unspecified atom stereocenters. The minimum absolute atomic E-state index is 0.231. The third-order valence-corrected chi connectivity index (χ3v) is 4.18. The number of aromatic nitrogens is 1. The maximum atomic E-state index is 9.42. The Morgan fingerprint density at radius 3 is 3.05 bits per heavy atom. The fourth-order valence-corrected chi connectivity index (χ4v) is 3.10. The monoisotopic (exact) mass is 281 g/mol. The Labute approximate surface area is 124 Å². The summed E-state index contributed by atoms with van der Waals surface area (Å²) in [7, 11) is 0. The molecule has 1 atom stereocenters. The van der Waals surface area contributed by atoms with E-state index in [1.54, 1.807) is 0 Å². The van der Waals surface area contributed by atoms with Crippen LogP contribution in [0.3, 0.4) is 0 Å². The first-order chi connectivity index (χ1) is 10.3. The summed E-state index contributed by atoms with van der Waals surface area (Å²) in [5.74, 6) is 1.28. The van der Waals surface area contributed by atoms with Crippen LogP contribution in [0.5, 0.6) is 0 Å². The standard InChI is InChI=1S/C17H19N3O/c18-11-15-10-14-5-1-2-6-16(14)19-17(15)20-8-3-4-13(12-20)7-9-21/h1-2,5-6,10,13,21H,3-4,7-9,12H2.